The summed E-state index contributed by atoms with van der Waals surface area (Å²) in [5.74, 6) is 0.873. The van der Waals surface area contributed by atoms with Gasteiger partial charge in [-0.25, -0.2) is 0 Å². The molecule has 0 aromatic carbocycles. The van der Waals surface area contributed by atoms with E-state index in [-0.39, 0.29) is 0 Å². The first-order chi connectivity index (χ1) is 5.20. The summed E-state index contributed by atoms with van der Waals surface area (Å²) in [7, 11) is 1.79. The molecule has 0 heterocycles. The van der Waals surface area contributed by atoms with E-state index in [0.717, 1.165) is 5.92 Å². The molecule has 68 valence electrons. The molecule has 0 aliphatic carbocycles. The molecule has 0 saturated heterocycles. The van der Waals surface area contributed by atoms with E-state index in [2.05, 4.69) is 20.8 Å². The Hall–Kier alpha value is -0.0400. The molecular weight excluding hydrogens is 136 g/mol. The molecule has 0 fully saturated rings. The van der Waals surface area contributed by atoms with Crippen LogP contribution in [-0.2, 0) is 4.74 Å². The Balaban J connectivity index is 3.22. The van der Waals surface area contributed by atoms with Gasteiger partial charge in [0.05, 0.1) is 6.10 Å². The first kappa shape index (κ1) is 11.0. The van der Waals surface area contributed by atoms with Crippen LogP contribution in [0, 0.1) is 5.92 Å². The van der Waals surface area contributed by atoms with Crippen molar-refractivity contribution in [1.82, 2.24) is 0 Å². The molecule has 0 spiro atoms. The van der Waals surface area contributed by atoms with Crippen LogP contribution in [0.1, 0.15) is 46.5 Å². The zero-order chi connectivity index (χ0) is 8.69. The van der Waals surface area contributed by atoms with E-state index in [4.69, 9.17) is 4.74 Å². The fraction of sp³-hybridized carbons (Fsp3) is 1.00. The van der Waals surface area contributed by atoms with Crippen molar-refractivity contribution in [3.63, 3.8) is 0 Å². The summed E-state index contributed by atoms with van der Waals surface area (Å²) in [4.78, 5) is 0. The van der Waals surface area contributed by atoms with E-state index >= 15 is 0 Å². The van der Waals surface area contributed by atoms with Gasteiger partial charge in [0.1, 0.15) is 0 Å². The Morgan fingerprint density at radius 2 is 1.73 bits per heavy atom. The van der Waals surface area contributed by atoms with Gasteiger partial charge >= 0.3 is 0 Å². The van der Waals surface area contributed by atoms with Gasteiger partial charge in [-0.05, 0) is 25.7 Å². The Labute approximate surface area is 71.1 Å². The third-order valence-corrected chi connectivity index (χ3v) is 2.25. The summed E-state index contributed by atoms with van der Waals surface area (Å²) >= 11 is 0. The van der Waals surface area contributed by atoms with Crippen LogP contribution in [0.3, 0.4) is 0 Å². The normalized spacial score (nSPS) is 16.4. The lowest BCUT2D eigenvalue weighted by Gasteiger charge is -2.13. The summed E-state index contributed by atoms with van der Waals surface area (Å²) in [5, 5.41) is 0. The molecule has 0 aliphatic rings. The van der Waals surface area contributed by atoms with Gasteiger partial charge in [0, 0.05) is 7.11 Å². The topological polar surface area (TPSA) is 9.23 Å². The van der Waals surface area contributed by atoms with Crippen LogP contribution >= 0.6 is 0 Å². The first-order valence-electron chi connectivity index (χ1n) is 4.73. The summed E-state index contributed by atoms with van der Waals surface area (Å²) < 4.78 is 5.18. The van der Waals surface area contributed by atoms with Gasteiger partial charge in [0.15, 0.2) is 0 Å². The third-order valence-electron chi connectivity index (χ3n) is 2.25. The SMILES string of the molecule is CCCC(C)CCC(C)OC. The standard InChI is InChI=1S/C10H22O/c1-5-6-9(2)7-8-10(3)11-4/h9-10H,5-8H2,1-4H3. The number of methoxy groups -OCH3 is 1. The van der Waals surface area contributed by atoms with Gasteiger partial charge in [-0.15, -0.1) is 0 Å². The van der Waals surface area contributed by atoms with Crippen molar-refractivity contribution in [3.8, 4) is 0 Å². The molecule has 0 N–H and O–H groups in total. The van der Waals surface area contributed by atoms with Crippen molar-refractivity contribution in [2.75, 3.05) is 7.11 Å². The van der Waals surface area contributed by atoms with Crippen LogP contribution in [-0.4, -0.2) is 13.2 Å². The monoisotopic (exact) mass is 158 g/mol. The molecule has 0 aromatic rings. The van der Waals surface area contributed by atoms with Crippen LogP contribution in [0.5, 0.6) is 0 Å². The fourth-order valence-electron chi connectivity index (χ4n) is 1.27. The van der Waals surface area contributed by atoms with E-state index in [9.17, 15) is 0 Å². The average molecular weight is 158 g/mol. The van der Waals surface area contributed by atoms with Crippen molar-refractivity contribution in [2.24, 2.45) is 5.92 Å². The maximum Gasteiger partial charge on any atom is 0.0543 e. The molecule has 11 heavy (non-hydrogen) atoms. The minimum absolute atomic E-state index is 0.439. The summed E-state index contributed by atoms with van der Waals surface area (Å²) in [6.45, 7) is 6.71. The summed E-state index contributed by atoms with van der Waals surface area (Å²) in [6, 6.07) is 0. The van der Waals surface area contributed by atoms with Crippen LogP contribution < -0.4 is 0 Å². The van der Waals surface area contributed by atoms with Gasteiger partial charge in [0.2, 0.25) is 0 Å². The van der Waals surface area contributed by atoms with Crippen molar-refractivity contribution < 1.29 is 4.74 Å². The zero-order valence-corrected chi connectivity index (χ0v) is 8.39. The van der Waals surface area contributed by atoms with E-state index < -0.39 is 0 Å². The first-order valence-corrected chi connectivity index (χ1v) is 4.73. The summed E-state index contributed by atoms with van der Waals surface area (Å²) in [6.07, 6.45) is 5.62. The molecule has 1 nitrogen and oxygen atoms in total. The van der Waals surface area contributed by atoms with Gasteiger partial charge in [-0.3, -0.25) is 0 Å². The van der Waals surface area contributed by atoms with Gasteiger partial charge in [0.25, 0.3) is 0 Å². The highest BCUT2D eigenvalue weighted by atomic mass is 16.5. The van der Waals surface area contributed by atoms with Crippen molar-refractivity contribution in [3.05, 3.63) is 0 Å². The molecule has 2 atom stereocenters. The Morgan fingerprint density at radius 1 is 1.09 bits per heavy atom. The van der Waals surface area contributed by atoms with Crippen LogP contribution in [0.15, 0.2) is 0 Å². The number of hydrogen-bond acceptors (Lipinski definition) is 1. The second kappa shape index (κ2) is 6.66. The predicted octanol–water partition coefficient (Wildman–Crippen LogP) is 3.24. The van der Waals surface area contributed by atoms with Crippen LogP contribution in [0.25, 0.3) is 0 Å². The molecule has 0 amide bonds. The van der Waals surface area contributed by atoms with E-state index in [1.54, 1.807) is 7.11 Å². The number of hydrogen-bond donors (Lipinski definition) is 0. The fourth-order valence-corrected chi connectivity index (χ4v) is 1.27. The predicted molar refractivity (Wildman–Crippen MR) is 49.8 cm³/mol. The molecule has 0 radical (unpaired) electrons. The van der Waals surface area contributed by atoms with Gasteiger partial charge < -0.3 is 4.74 Å². The van der Waals surface area contributed by atoms with Crippen molar-refractivity contribution >= 4 is 0 Å². The number of rotatable bonds is 6. The maximum absolute atomic E-state index is 5.18. The smallest absolute Gasteiger partial charge is 0.0543 e. The lowest BCUT2D eigenvalue weighted by Crippen LogP contribution is -2.06. The second-order valence-corrected chi connectivity index (χ2v) is 3.52. The minimum atomic E-state index is 0.439. The quantitative estimate of drug-likeness (QED) is 0.576. The highest BCUT2D eigenvalue weighted by Crippen LogP contribution is 2.14. The van der Waals surface area contributed by atoms with Crippen LogP contribution in [0.2, 0.25) is 0 Å². The molecule has 0 saturated carbocycles. The van der Waals surface area contributed by atoms with Gasteiger partial charge in [-0.1, -0.05) is 26.7 Å². The van der Waals surface area contributed by atoms with Gasteiger partial charge in [-0.2, -0.15) is 0 Å². The molecule has 2 unspecified atom stereocenters. The van der Waals surface area contributed by atoms with E-state index in [1.165, 1.54) is 25.7 Å². The lowest BCUT2D eigenvalue weighted by atomic mass is 9.99. The number of ether oxygens (including phenoxy) is 1. The maximum atomic E-state index is 5.18. The Bertz CT molecular complexity index is 80.9. The molecule has 1 heteroatoms. The third kappa shape index (κ3) is 6.36. The second-order valence-electron chi connectivity index (χ2n) is 3.52. The highest BCUT2D eigenvalue weighted by molar-refractivity contribution is 4.56. The molecule has 0 rings (SSSR count). The lowest BCUT2D eigenvalue weighted by molar-refractivity contribution is 0.104. The average Bonchev–Trinajstić information content (AvgIpc) is 2.01. The van der Waals surface area contributed by atoms with E-state index in [1.807, 2.05) is 0 Å². The summed E-state index contributed by atoms with van der Waals surface area (Å²) in [5.41, 5.74) is 0. The Kier molecular flexibility index (Phi) is 6.63. The van der Waals surface area contributed by atoms with Crippen molar-refractivity contribution in [2.45, 2.75) is 52.6 Å². The highest BCUT2D eigenvalue weighted by Gasteiger charge is 2.04. The van der Waals surface area contributed by atoms with Crippen LogP contribution in [0.4, 0.5) is 0 Å². The molecule has 0 aliphatic heterocycles. The molecule has 0 aromatic heterocycles. The largest absolute Gasteiger partial charge is 0.382 e. The van der Waals surface area contributed by atoms with Crippen molar-refractivity contribution in [1.29, 1.82) is 0 Å². The molecule has 0 bridgehead atoms. The minimum Gasteiger partial charge on any atom is -0.382 e. The van der Waals surface area contributed by atoms with E-state index in [0.29, 0.717) is 6.10 Å². The Morgan fingerprint density at radius 3 is 2.18 bits per heavy atom. The zero-order valence-electron chi connectivity index (χ0n) is 8.39. The molecular formula is C10H22O.